The highest BCUT2D eigenvalue weighted by Crippen LogP contribution is 2.20. The van der Waals surface area contributed by atoms with Crippen molar-refractivity contribution < 1.29 is 14.7 Å². The van der Waals surface area contributed by atoms with E-state index in [2.05, 4.69) is 5.32 Å². The minimum absolute atomic E-state index is 0.255. The van der Waals surface area contributed by atoms with Crippen LogP contribution < -0.4 is 11.1 Å². The Labute approximate surface area is 96.4 Å². The number of nitrogens with one attached hydrogen (secondary N) is 1. The van der Waals surface area contributed by atoms with E-state index >= 15 is 0 Å². The van der Waals surface area contributed by atoms with Gasteiger partial charge in [-0.3, -0.25) is 4.79 Å². The number of carboxylic acid groups (broad SMARTS) is 1. The number of amides is 1. The van der Waals surface area contributed by atoms with Gasteiger partial charge in [-0.05, 0) is 18.4 Å². The second kappa shape index (κ2) is 5.84. The molecule has 4 N–H and O–H groups in total. The van der Waals surface area contributed by atoms with Crippen molar-refractivity contribution in [2.75, 3.05) is 6.54 Å². The van der Waals surface area contributed by atoms with Crippen LogP contribution in [0.3, 0.4) is 0 Å². The van der Waals surface area contributed by atoms with Crippen LogP contribution in [0.15, 0.2) is 0 Å². The Kier molecular flexibility index (Phi) is 5.44. The third-order valence-corrected chi connectivity index (χ3v) is 2.45. The average Bonchev–Trinajstić information content (AvgIpc) is 2.11. The second-order valence-corrected chi connectivity index (χ2v) is 5.12. The zero-order chi connectivity index (χ0) is 12.9. The molecule has 5 heteroatoms. The Morgan fingerprint density at radius 3 is 2.19 bits per heavy atom. The van der Waals surface area contributed by atoms with Gasteiger partial charge in [0.05, 0.1) is 0 Å². The molecule has 2 unspecified atom stereocenters. The number of aliphatic carboxylic acids is 1. The summed E-state index contributed by atoms with van der Waals surface area (Å²) in [6.45, 7) is 7.49. The zero-order valence-corrected chi connectivity index (χ0v) is 10.4. The zero-order valence-electron chi connectivity index (χ0n) is 10.4. The molecule has 0 heterocycles. The molecule has 0 radical (unpaired) electrons. The van der Waals surface area contributed by atoms with Crippen LogP contribution in [-0.4, -0.2) is 29.6 Å². The molecule has 0 rings (SSSR count). The van der Waals surface area contributed by atoms with Crippen LogP contribution in [0.5, 0.6) is 0 Å². The minimum Gasteiger partial charge on any atom is -0.480 e. The molecule has 0 fully saturated rings. The predicted octanol–water partition coefficient (Wildman–Crippen LogP) is 0.587. The maximum atomic E-state index is 11.7. The second-order valence-electron chi connectivity index (χ2n) is 5.12. The molecule has 0 saturated carbocycles. The fraction of sp³-hybridized carbons (Fsp3) is 0.818. The van der Waals surface area contributed by atoms with Crippen LogP contribution in [-0.2, 0) is 9.59 Å². The van der Waals surface area contributed by atoms with Crippen molar-refractivity contribution in [3.63, 3.8) is 0 Å². The fourth-order valence-corrected chi connectivity index (χ4v) is 1.31. The first-order valence-electron chi connectivity index (χ1n) is 5.43. The molecule has 94 valence electrons. The lowest BCUT2D eigenvalue weighted by Gasteiger charge is -2.28. The molecule has 0 aromatic heterocycles. The van der Waals surface area contributed by atoms with Crippen molar-refractivity contribution in [3.05, 3.63) is 0 Å². The molecule has 5 nitrogen and oxygen atoms in total. The normalized spacial score (nSPS) is 15.3. The summed E-state index contributed by atoms with van der Waals surface area (Å²) in [6, 6.07) is -0.875. The highest BCUT2D eigenvalue weighted by Gasteiger charge is 2.33. The first-order chi connectivity index (χ1) is 7.20. The van der Waals surface area contributed by atoms with Gasteiger partial charge in [0.25, 0.3) is 0 Å². The highest BCUT2D eigenvalue weighted by atomic mass is 16.4. The largest absolute Gasteiger partial charge is 0.480 e. The third-order valence-electron chi connectivity index (χ3n) is 2.45. The molecule has 16 heavy (non-hydrogen) atoms. The highest BCUT2D eigenvalue weighted by molar-refractivity contribution is 5.85. The van der Waals surface area contributed by atoms with Crippen molar-refractivity contribution in [1.29, 1.82) is 0 Å². The summed E-state index contributed by atoms with van der Waals surface area (Å²) in [5.74, 6) is -1.53. The van der Waals surface area contributed by atoms with Crippen LogP contribution >= 0.6 is 0 Å². The summed E-state index contributed by atoms with van der Waals surface area (Å²) >= 11 is 0. The van der Waals surface area contributed by atoms with E-state index in [1.54, 1.807) is 27.7 Å². The lowest BCUT2D eigenvalue weighted by molar-refractivity contribution is -0.145. The maximum Gasteiger partial charge on any atom is 0.326 e. The molecule has 1 amide bonds. The van der Waals surface area contributed by atoms with E-state index in [-0.39, 0.29) is 11.8 Å². The van der Waals surface area contributed by atoms with Crippen LogP contribution in [0.4, 0.5) is 0 Å². The molecule has 0 aromatic rings. The minimum atomic E-state index is -1.01. The molecular weight excluding hydrogens is 208 g/mol. The van der Waals surface area contributed by atoms with Crippen molar-refractivity contribution in [3.8, 4) is 0 Å². The summed E-state index contributed by atoms with van der Waals surface area (Å²) in [4.78, 5) is 22.7. The third kappa shape index (κ3) is 4.61. The molecule has 0 aliphatic rings. The molecule has 0 bridgehead atoms. The molecule has 2 atom stereocenters. The van der Waals surface area contributed by atoms with E-state index in [1.807, 2.05) is 0 Å². The lowest BCUT2D eigenvalue weighted by atomic mass is 9.86. The smallest absolute Gasteiger partial charge is 0.326 e. The molecular formula is C11H22N2O3. The van der Waals surface area contributed by atoms with Gasteiger partial charge in [-0.1, -0.05) is 27.7 Å². The summed E-state index contributed by atoms with van der Waals surface area (Å²) in [7, 11) is 0. The average molecular weight is 230 g/mol. The number of carbonyl (C=O) groups is 2. The molecule has 0 saturated heterocycles. The fourth-order valence-electron chi connectivity index (χ4n) is 1.31. The lowest BCUT2D eigenvalue weighted by Crippen LogP contribution is -2.50. The number of hydrogen-bond donors (Lipinski definition) is 3. The topological polar surface area (TPSA) is 92.4 Å². The molecule has 0 spiro atoms. The Morgan fingerprint density at radius 2 is 1.88 bits per heavy atom. The Bertz CT molecular complexity index is 258. The SMILES string of the molecule is CC(CCN)C(=O)NC(C(=O)O)C(C)(C)C. The number of hydrogen-bond acceptors (Lipinski definition) is 3. The van der Waals surface area contributed by atoms with E-state index in [9.17, 15) is 9.59 Å². The van der Waals surface area contributed by atoms with Crippen LogP contribution in [0, 0.1) is 11.3 Å². The summed E-state index contributed by atoms with van der Waals surface area (Å²) in [6.07, 6.45) is 0.558. The quantitative estimate of drug-likeness (QED) is 0.644. The van der Waals surface area contributed by atoms with Gasteiger partial charge in [-0.25, -0.2) is 4.79 Å². The summed E-state index contributed by atoms with van der Waals surface area (Å²) in [5.41, 5.74) is 4.84. The van der Waals surface area contributed by atoms with Crippen LogP contribution in [0.2, 0.25) is 0 Å². The Morgan fingerprint density at radius 1 is 1.38 bits per heavy atom. The summed E-state index contributed by atoms with van der Waals surface area (Å²) in [5, 5.41) is 11.6. The molecule has 0 aliphatic heterocycles. The van der Waals surface area contributed by atoms with Gasteiger partial charge in [0, 0.05) is 5.92 Å². The van der Waals surface area contributed by atoms with E-state index in [0.29, 0.717) is 13.0 Å². The predicted molar refractivity (Wildman–Crippen MR) is 61.9 cm³/mol. The van der Waals surface area contributed by atoms with Gasteiger partial charge in [0.15, 0.2) is 0 Å². The molecule has 0 aromatic carbocycles. The van der Waals surface area contributed by atoms with Gasteiger partial charge in [0.2, 0.25) is 5.91 Å². The first kappa shape index (κ1) is 14.9. The van der Waals surface area contributed by atoms with Crippen molar-refractivity contribution in [1.82, 2.24) is 5.32 Å². The van der Waals surface area contributed by atoms with Gasteiger partial charge < -0.3 is 16.2 Å². The van der Waals surface area contributed by atoms with E-state index in [1.165, 1.54) is 0 Å². The van der Waals surface area contributed by atoms with E-state index in [0.717, 1.165) is 0 Å². The Balaban J connectivity index is 4.54. The number of carbonyl (C=O) groups excluding carboxylic acids is 1. The standard InChI is InChI=1S/C11H22N2O3/c1-7(5-6-12)9(14)13-8(10(15)16)11(2,3)4/h7-8H,5-6,12H2,1-4H3,(H,13,14)(H,15,16). The van der Waals surface area contributed by atoms with E-state index < -0.39 is 17.4 Å². The Hall–Kier alpha value is -1.10. The van der Waals surface area contributed by atoms with Crippen molar-refractivity contribution in [2.24, 2.45) is 17.1 Å². The van der Waals surface area contributed by atoms with Gasteiger partial charge in [-0.2, -0.15) is 0 Å². The van der Waals surface area contributed by atoms with E-state index in [4.69, 9.17) is 10.8 Å². The summed E-state index contributed by atoms with van der Waals surface area (Å²) < 4.78 is 0. The number of rotatable bonds is 5. The van der Waals surface area contributed by atoms with Crippen LogP contribution in [0.1, 0.15) is 34.1 Å². The maximum absolute atomic E-state index is 11.7. The van der Waals surface area contributed by atoms with Crippen LogP contribution in [0.25, 0.3) is 0 Å². The van der Waals surface area contributed by atoms with Gasteiger partial charge in [-0.15, -0.1) is 0 Å². The number of nitrogens with two attached hydrogens (primary N) is 1. The monoisotopic (exact) mass is 230 g/mol. The van der Waals surface area contributed by atoms with Crippen molar-refractivity contribution in [2.45, 2.75) is 40.2 Å². The number of carboxylic acids is 1. The van der Waals surface area contributed by atoms with Gasteiger partial charge >= 0.3 is 5.97 Å². The van der Waals surface area contributed by atoms with Gasteiger partial charge in [0.1, 0.15) is 6.04 Å². The van der Waals surface area contributed by atoms with Crippen molar-refractivity contribution >= 4 is 11.9 Å². The first-order valence-corrected chi connectivity index (χ1v) is 5.43. The molecule has 0 aliphatic carbocycles.